The van der Waals surface area contributed by atoms with E-state index >= 15 is 0 Å². The van der Waals surface area contributed by atoms with Crippen LogP contribution in [0.4, 0.5) is 0 Å². The molecule has 0 radical (unpaired) electrons. The molecule has 1 atom stereocenters. The molecule has 0 aromatic rings. The zero-order chi connectivity index (χ0) is 11.1. The molecular weight excluding hydrogens is 196 g/mol. The highest BCUT2D eigenvalue weighted by Crippen LogP contribution is 2.16. The molecule has 0 aromatic carbocycles. The van der Waals surface area contributed by atoms with E-state index in [1.54, 1.807) is 0 Å². The minimum Gasteiger partial charge on any atom is -0.316 e. The first kappa shape index (κ1) is 12.4. The van der Waals surface area contributed by atoms with Gasteiger partial charge in [-0.05, 0) is 70.7 Å². The summed E-state index contributed by atoms with van der Waals surface area (Å²) in [6, 6.07) is 0. The first-order valence-electron chi connectivity index (χ1n) is 7.38. The van der Waals surface area contributed by atoms with Crippen LogP contribution < -0.4 is 5.32 Å². The summed E-state index contributed by atoms with van der Waals surface area (Å²) in [7, 11) is 0. The lowest BCUT2D eigenvalue weighted by Gasteiger charge is -2.28. The Bertz CT molecular complexity index is 168. The molecule has 2 nitrogen and oxygen atoms in total. The fourth-order valence-electron chi connectivity index (χ4n) is 3.07. The SMILES string of the molecule is C1CCCN(CC[C@H]2CCCNC2)CCC1. The molecule has 2 heteroatoms. The van der Waals surface area contributed by atoms with Gasteiger partial charge in [0.05, 0.1) is 0 Å². The molecule has 0 spiro atoms. The van der Waals surface area contributed by atoms with E-state index in [0.29, 0.717) is 0 Å². The van der Waals surface area contributed by atoms with Crippen LogP contribution in [0.3, 0.4) is 0 Å². The van der Waals surface area contributed by atoms with Gasteiger partial charge in [-0.25, -0.2) is 0 Å². The van der Waals surface area contributed by atoms with E-state index in [-0.39, 0.29) is 0 Å². The molecule has 2 fully saturated rings. The predicted octanol–water partition coefficient (Wildman–Crippen LogP) is 2.64. The van der Waals surface area contributed by atoms with Crippen molar-refractivity contribution in [3.63, 3.8) is 0 Å². The average Bonchev–Trinajstić information content (AvgIpc) is 2.29. The largest absolute Gasteiger partial charge is 0.316 e. The van der Waals surface area contributed by atoms with Gasteiger partial charge >= 0.3 is 0 Å². The van der Waals surface area contributed by atoms with E-state index in [4.69, 9.17) is 0 Å². The minimum absolute atomic E-state index is 0.958. The molecule has 0 saturated carbocycles. The fourth-order valence-corrected chi connectivity index (χ4v) is 3.07. The number of hydrogen-bond donors (Lipinski definition) is 1. The third-order valence-electron chi connectivity index (χ3n) is 4.20. The fraction of sp³-hybridized carbons (Fsp3) is 1.00. The monoisotopic (exact) mass is 224 g/mol. The molecule has 2 aliphatic rings. The van der Waals surface area contributed by atoms with Crippen LogP contribution in [0.15, 0.2) is 0 Å². The molecule has 2 rings (SSSR count). The van der Waals surface area contributed by atoms with Crippen molar-refractivity contribution in [2.45, 2.75) is 51.4 Å². The molecule has 94 valence electrons. The Balaban J connectivity index is 1.62. The summed E-state index contributed by atoms with van der Waals surface area (Å²) in [6.45, 7) is 6.60. The van der Waals surface area contributed by atoms with E-state index in [2.05, 4.69) is 10.2 Å². The summed E-state index contributed by atoms with van der Waals surface area (Å²) >= 11 is 0. The van der Waals surface area contributed by atoms with Crippen LogP contribution in [0.1, 0.15) is 51.4 Å². The van der Waals surface area contributed by atoms with Gasteiger partial charge in [-0.2, -0.15) is 0 Å². The molecule has 0 amide bonds. The van der Waals surface area contributed by atoms with Gasteiger partial charge in [-0.1, -0.05) is 19.3 Å². The minimum atomic E-state index is 0.958. The second kappa shape index (κ2) is 7.29. The molecule has 0 aromatic heterocycles. The zero-order valence-corrected chi connectivity index (χ0v) is 10.7. The highest BCUT2D eigenvalue weighted by atomic mass is 15.1. The van der Waals surface area contributed by atoms with Crippen LogP contribution in [0.2, 0.25) is 0 Å². The van der Waals surface area contributed by atoms with E-state index in [1.165, 1.54) is 84.1 Å². The summed E-state index contributed by atoms with van der Waals surface area (Å²) in [5.41, 5.74) is 0. The summed E-state index contributed by atoms with van der Waals surface area (Å²) in [5.74, 6) is 0.958. The molecule has 1 N–H and O–H groups in total. The van der Waals surface area contributed by atoms with Gasteiger partial charge < -0.3 is 10.2 Å². The van der Waals surface area contributed by atoms with E-state index < -0.39 is 0 Å². The average molecular weight is 224 g/mol. The predicted molar refractivity (Wildman–Crippen MR) is 69.7 cm³/mol. The van der Waals surface area contributed by atoms with Crippen LogP contribution >= 0.6 is 0 Å². The van der Waals surface area contributed by atoms with Gasteiger partial charge in [0.15, 0.2) is 0 Å². The highest BCUT2D eigenvalue weighted by molar-refractivity contribution is 4.71. The summed E-state index contributed by atoms with van der Waals surface area (Å²) in [6.07, 6.45) is 11.5. The Hall–Kier alpha value is -0.0800. The Kier molecular flexibility index (Phi) is 5.64. The van der Waals surface area contributed by atoms with Crippen LogP contribution in [0.25, 0.3) is 0 Å². The smallest absolute Gasteiger partial charge is 0.00156 e. The van der Waals surface area contributed by atoms with Crippen molar-refractivity contribution in [3.8, 4) is 0 Å². The number of rotatable bonds is 3. The lowest BCUT2D eigenvalue weighted by molar-refractivity contribution is 0.219. The standard InChI is InChI=1S/C14H28N2/c1-2-4-10-16(11-5-3-1)12-8-14-7-6-9-15-13-14/h14-15H,1-13H2/t14-/m1/s1. The Morgan fingerprint density at radius 2 is 1.69 bits per heavy atom. The molecule has 0 bridgehead atoms. The van der Waals surface area contributed by atoms with Crippen molar-refractivity contribution in [2.24, 2.45) is 5.92 Å². The van der Waals surface area contributed by atoms with Crippen LogP contribution in [0, 0.1) is 5.92 Å². The molecule has 0 unspecified atom stereocenters. The zero-order valence-electron chi connectivity index (χ0n) is 10.7. The summed E-state index contributed by atoms with van der Waals surface area (Å²) < 4.78 is 0. The number of nitrogens with zero attached hydrogens (tertiary/aromatic N) is 1. The van der Waals surface area contributed by atoms with Gasteiger partial charge in [0.1, 0.15) is 0 Å². The molecule has 2 saturated heterocycles. The number of likely N-dealkylation sites (tertiary alicyclic amines) is 1. The first-order valence-corrected chi connectivity index (χ1v) is 7.38. The normalized spacial score (nSPS) is 29.6. The van der Waals surface area contributed by atoms with Gasteiger partial charge in [-0.15, -0.1) is 0 Å². The second-order valence-corrected chi connectivity index (χ2v) is 5.61. The van der Waals surface area contributed by atoms with Gasteiger partial charge in [0, 0.05) is 0 Å². The van der Waals surface area contributed by atoms with Crippen molar-refractivity contribution in [1.82, 2.24) is 10.2 Å². The quantitative estimate of drug-likeness (QED) is 0.793. The van der Waals surface area contributed by atoms with Crippen LogP contribution in [-0.2, 0) is 0 Å². The summed E-state index contributed by atoms with van der Waals surface area (Å²) in [5, 5.41) is 3.53. The van der Waals surface area contributed by atoms with E-state index in [1.807, 2.05) is 0 Å². The third kappa shape index (κ3) is 4.42. The maximum Gasteiger partial charge on any atom is -0.00156 e. The Labute approximate surface area is 101 Å². The van der Waals surface area contributed by atoms with Crippen molar-refractivity contribution >= 4 is 0 Å². The topological polar surface area (TPSA) is 15.3 Å². The molecule has 2 aliphatic heterocycles. The molecule has 2 heterocycles. The maximum atomic E-state index is 3.53. The highest BCUT2D eigenvalue weighted by Gasteiger charge is 2.15. The lowest BCUT2D eigenvalue weighted by atomic mass is 9.96. The Morgan fingerprint density at radius 1 is 0.938 bits per heavy atom. The van der Waals surface area contributed by atoms with Crippen molar-refractivity contribution in [1.29, 1.82) is 0 Å². The van der Waals surface area contributed by atoms with Gasteiger partial charge in [-0.3, -0.25) is 0 Å². The number of nitrogens with one attached hydrogen (secondary N) is 1. The van der Waals surface area contributed by atoms with Crippen molar-refractivity contribution < 1.29 is 0 Å². The number of piperidine rings is 1. The molecular formula is C14H28N2. The third-order valence-corrected chi connectivity index (χ3v) is 4.20. The molecule has 0 aliphatic carbocycles. The number of hydrogen-bond acceptors (Lipinski definition) is 2. The molecule has 16 heavy (non-hydrogen) atoms. The van der Waals surface area contributed by atoms with Crippen LogP contribution in [0.5, 0.6) is 0 Å². The lowest BCUT2D eigenvalue weighted by Crippen LogP contribution is -2.34. The van der Waals surface area contributed by atoms with Gasteiger partial charge in [0.2, 0.25) is 0 Å². The van der Waals surface area contributed by atoms with Gasteiger partial charge in [0.25, 0.3) is 0 Å². The first-order chi connectivity index (χ1) is 7.95. The van der Waals surface area contributed by atoms with Crippen molar-refractivity contribution in [2.75, 3.05) is 32.7 Å². The van der Waals surface area contributed by atoms with E-state index in [9.17, 15) is 0 Å². The second-order valence-electron chi connectivity index (χ2n) is 5.61. The maximum absolute atomic E-state index is 3.53. The summed E-state index contributed by atoms with van der Waals surface area (Å²) in [4.78, 5) is 2.72. The van der Waals surface area contributed by atoms with Crippen molar-refractivity contribution in [3.05, 3.63) is 0 Å². The van der Waals surface area contributed by atoms with E-state index in [0.717, 1.165) is 5.92 Å². The van der Waals surface area contributed by atoms with Crippen LogP contribution in [-0.4, -0.2) is 37.6 Å². The Morgan fingerprint density at radius 3 is 2.38 bits per heavy atom.